The fourth-order valence-electron chi connectivity index (χ4n) is 2.54. The van der Waals surface area contributed by atoms with Crippen LogP contribution >= 0.6 is 22.6 Å². The number of hydrogen-bond donors (Lipinski definition) is 2. The monoisotopic (exact) mass is 453 g/mol. The standard InChI is InChI=1S/C18H16INO3S/c19-14-8-10-15(11-9-14)24(22,23)20-12-18(21)17-7-3-5-13-4-1-2-6-16(13)17/h1-11,18,20-21H,12H2. The predicted octanol–water partition coefficient (Wildman–Crippen LogP) is 3.46. The van der Waals surface area contributed by atoms with Crippen LogP contribution in [-0.2, 0) is 10.0 Å². The summed E-state index contributed by atoms with van der Waals surface area (Å²) in [4.78, 5) is 0.188. The highest BCUT2D eigenvalue weighted by molar-refractivity contribution is 14.1. The molecule has 0 amide bonds. The number of fused-ring (bicyclic) bond motifs is 1. The van der Waals surface area contributed by atoms with E-state index in [0.29, 0.717) is 5.56 Å². The second-order valence-electron chi connectivity index (χ2n) is 5.39. The van der Waals surface area contributed by atoms with Crippen molar-refractivity contribution in [3.63, 3.8) is 0 Å². The third kappa shape index (κ3) is 3.77. The number of aliphatic hydroxyl groups is 1. The zero-order valence-electron chi connectivity index (χ0n) is 12.7. The Morgan fingerprint density at radius 3 is 2.38 bits per heavy atom. The summed E-state index contributed by atoms with van der Waals surface area (Å²) < 4.78 is 28.1. The molecule has 124 valence electrons. The third-order valence-corrected chi connectivity index (χ3v) is 5.93. The zero-order chi connectivity index (χ0) is 17.2. The molecule has 0 radical (unpaired) electrons. The van der Waals surface area contributed by atoms with E-state index in [1.54, 1.807) is 24.3 Å². The Labute approximate surface area is 154 Å². The summed E-state index contributed by atoms with van der Waals surface area (Å²) in [5, 5.41) is 12.4. The van der Waals surface area contributed by atoms with E-state index in [-0.39, 0.29) is 11.4 Å². The van der Waals surface area contributed by atoms with Gasteiger partial charge in [-0.15, -0.1) is 0 Å². The van der Waals surface area contributed by atoms with Gasteiger partial charge in [0.05, 0.1) is 11.0 Å². The van der Waals surface area contributed by atoms with Crippen LogP contribution in [0.3, 0.4) is 0 Å². The van der Waals surface area contributed by atoms with Gasteiger partial charge in [-0.05, 0) is 63.2 Å². The molecule has 0 spiro atoms. The Balaban J connectivity index is 1.79. The maximum Gasteiger partial charge on any atom is 0.240 e. The van der Waals surface area contributed by atoms with E-state index in [1.807, 2.05) is 42.5 Å². The molecule has 3 rings (SSSR count). The molecule has 1 atom stereocenters. The first-order chi connectivity index (χ1) is 11.5. The fraction of sp³-hybridized carbons (Fsp3) is 0.111. The first-order valence-electron chi connectivity index (χ1n) is 7.38. The van der Waals surface area contributed by atoms with Crippen molar-refractivity contribution in [3.8, 4) is 0 Å². The molecule has 24 heavy (non-hydrogen) atoms. The normalized spacial score (nSPS) is 13.1. The summed E-state index contributed by atoms with van der Waals surface area (Å²) in [5.74, 6) is 0. The molecule has 2 N–H and O–H groups in total. The second kappa shape index (κ2) is 7.18. The number of aliphatic hydroxyl groups excluding tert-OH is 1. The molecule has 3 aromatic carbocycles. The van der Waals surface area contributed by atoms with Crippen molar-refractivity contribution in [1.82, 2.24) is 4.72 Å². The highest BCUT2D eigenvalue weighted by Crippen LogP contribution is 2.24. The lowest BCUT2D eigenvalue weighted by Gasteiger charge is -2.15. The van der Waals surface area contributed by atoms with Crippen LogP contribution in [0.25, 0.3) is 10.8 Å². The zero-order valence-corrected chi connectivity index (χ0v) is 15.7. The number of benzene rings is 3. The van der Waals surface area contributed by atoms with Gasteiger partial charge in [-0.25, -0.2) is 13.1 Å². The fourth-order valence-corrected chi connectivity index (χ4v) is 3.93. The quantitative estimate of drug-likeness (QED) is 0.582. The van der Waals surface area contributed by atoms with Gasteiger partial charge in [0, 0.05) is 10.1 Å². The van der Waals surface area contributed by atoms with Crippen LogP contribution in [0.2, 0.25) is 0 Å². The maximum absolute atomic E-state index is 12.3. The van der Waals surface area contributed by atoms with Gasteiger partial charge >= 0.3 is 0 Å². The Morgan fingerprint density at radius 2 is 1.62 bits per heavy atom. The molecule has 0 saturated carbocycles. The minimum Gasteiger partial charge on any atom is -0.387 e. The van der Waals surface area contributed by atoms with Crippen molar-refractivity contribution in [3.05, 3.63) is 75.9 Å². The van der Waals surface area contributed by atoms with E-state index in [2.05, 4.69) is 27.3 Å². The molecular formula is C18H16INO3S. The average Bonchev–Trinajstić information content (AvgIpc) is 2.59. The van der Waals surface area contributed by atoms with Crippen molar-refractivity contribution in [2.75, 3.05) is 6.54 Å². The minimum atomic E-state index is -3.65. The van der Waals surface area contributed by atoms with Crippen LogP contribution in [0.5, 0.6) is 0 Å². The Bertz CT molecular complexity index is 950. The summed E-state index contributed by atoms with van der Waals surface area (Å²) in [7, 11) is -3.65. The largest absolute Gasteiger partial charge is 0.387 e. The predicted molar refractivity (Wildman–Crippen MR) is 103 cm³/mol. The van der Waals surface area contributed by atoms with Gasteiger partial charge in [-0.2, -0.15) is 0 Å². The molecule has 0 aliphatic heterocycles. The maximum atomic E-state index is 12.3. The summed E-state index contributed by atoms with van der Waals surface area (Å²) in [5.41, 5.74) is 0.707. The van der Waals surface area contributed by atoms with E-state index in [9.17, 15) is 13.5 Å². The summed E-state index contributed by atoms with van der Waals surface area (Å²) >= 11 is 2.12. The van der Waals surface area contributed by atoms with E-state index in [0.717, 1.165) is 14.3 Å². The highest BCUT2D eigenvalue weighted by atomic mass is 127. The third-order valence-electron chi connectivity index (χ3n) is 3.77. The summed E-state index contributed by atoms with van der Waals surface area (Å²) in [6.07, 6.45) is -0.922. The van der Waals surface area contributed by atoms with Crippen molar-refractivity contribution in [2.24, 2.45) is 0 Å². The molecule has 0 aromatic heterocycles. The van der Waals surface area contributed by atoms with Gasteiger partial charge in [0.1, 0.15) is 0 Å². The van der Waals surface area contributed by atoms with E-state index >= 15 is 0 Å². The van der Waals surface area contributed by atoms with E-state index < -0.39 is 16.1 Å². The molecule has 6 heteroatoms. The van der Waals surface area contributed by atoms with Gasteiger partial charge < -0.3 is 5.11 Å². The van der Waals surface area contributed by atoms with E-state index in [4.69, 9.17) is 0 Å². The topological polar surface area (TPSA) is 66.4 Å². The van der Waals surface area contributed by atoms with Gasteiger partial charge in [0.2, 0.25) is 10.0 Å². The van der Waals surface area contributed by atoms with Gasteiger partial charge in [0.15, 0.2) is 0 Å². The number of hydrogen-bond acceptors (Lipinski definition) is 3. The highest BCUT2D eigenvalue weighted by Gasteiger charge is 2.17. The Kier molecular flexibility index (Phi) is 5.19. The van der Waals surface area contributed by atoms with Gasteiger partial charge in [0.25, 0.3) is 0 Å². The SMILES string of the molecule is O=S(=O)(NCC(O)c1cccc2ccccc12)c1ccc(I)cc1. The smallest absolute Gasteiger partial charge is 0.240 e. The molecule has 3 aromatic rings. The van der Waals surface area contributed by atoms with Crippen LogP contribution in [0.15, 0.2) is 71.6 Å². The first kappa shape index (κ1) is 17.3. The van der Waals surface area contributed by atoms with Crippen molar-refractivity contribution in [1.29, 1.82) is 0 Å². The van der Waals surface area contributed by atoms with Crippen LogP contribution in [0.4, 0.5) is 0 Å². The molecule has 0 bridgehead atoms. The Hall–Kier alpha value is -1.48. The molecule has 0 fully saturated rings. The number of nitrogens with one attached hydrogen (secondary N) is 1. The molecule has 0 aliphatic carbocycles. The summed E-state index contributed by atoms with van der Waals surface area (Å²) in [6.45, 7) is -0.0810. The van der Waals surface area contributed by atoms with Gasteiger partial charge in [-0.1, -0.05) is 42.5 Å². The summed E-state index contributed by atoms with van der Waals surface area (Å²) in [6, 6.07) is 19.9. The van der Waals surface area contributed by atoms with Crippen molar-refractivity contribution in [2.45, 2.75) is 11.0 Å². The molecule has 4 nitrogen and oxygen atoms in total. The van der Waals surface area contributed by atoms with Crippen LogP contribution in [0, 0.1) is 3.57 Å². The lowest BCUT2D eigenvalue weighted by atomic mass is 10.0. The van der Waals surface area contributed by atoms with Crippen LogP contribution in [0.1, 0.15) is 11.7 Å². The first-order valence-corrected chi connectivity index (χ1v) is 9.94. The van der Waals surface area contributed by atoms with Gasteiger partial charge in [-0.3, -0.25) is 0 Å². The van der Waals surface area contributed by atoms with Crippen molar-refractivity contribution < 1.29 is 13.5 Å². The molecular weight excluding hydrogens is 437 g/mol. The second-order valence-corrected chi connectivity index (χ2v) is 8.40. The molecule has 1 unspecified atom stereocenters. The van der Waals surface area contributed by atoms with Crippen LogP contribution in [-0.4, -0.2) is 20.1 Å². The average molecular weight is 453 g/mol. The lowest BCUT2D eigenvalue weighted by Crippen LogP contribution is -2.28. The molecule has 0 saturated heterocycles. The minimum absolute atomic E-state index is 0.0810. The van der Waals surface area contributed by atoms with Crippen molar-refractivity contribution >= 4 is 43.4 Å². The van der Waals surface area contributed by atoms with Crippen LogP contribution < -0.4 is 4.72 Å². The number of halogens is 1. The Morgan fingerprint density at radius 1 is 0.958 bits per heavy atom. The lowest BCUT2D eigenvalue weighted by molar-refractivity contribution is 0.183. The van der Waals surface area contributed by atoms with E-state index in [1.165, 1.54) is 0 Å². The number of rotatable bonds is 5. The molecule has 0 aliphatic rings. The number of sulfonamides is 1. The molecule has 0 heterocycles.